The molecule has 0 radical (unpaired) electrons. The molecule has 0 spiro atoms. The van der Waals surface area contributed by atoms with Crippen LogP contribution < -0.4 is 13.8 Å². The highest BCUT2D eigenvalue weighted by atomic mass is 32.2. The number of nitro benzene ring substituents is 2. The molecule has 1 heterocycles. The lowest BCUT2D eigenvalue weighted by molar-refractivity contribution is -0.387. The number of hydrogen-bond donors (Lipinski definition) is 0. The molecular weight excluding hydrogens is 558 g/mol. The molecule has 194 valence electrons. The molecular formula is C23H15N3O9S3. The van der Waals surface area contributed by atoms with Gasteiger partial charge in [0.05, 0.1) is 27.5 Å². The molecule has 0 atom stereocenters. The van der Waals surface area contributed by atoms with Gasteiger partial charge in [0.15, 0.2) is 20.7 Å². The summed E-state index contributed by atoms with van der Waals surface area (Å²) in [4.78, 5) is 34.7. The summed E-state index contributed by atoms with van der Waals surface area (Å²) in [6, 6.07) is 14.4. The highest BCUT2D eigenvalue weighted by molar-refractivity contribution is 8.27. The van der Waals surface area contributed by atoms with Crippen molar-refractivity contribution in [2.24, 2.45) is 0 Å². The number of carbonyl (C=O) groups excluding carboxylic acids is 1. The van der Waals surface area contributed by atoms with Gasteiger partial charge in [0, 0.05) is 18.2 Å². The minimum absolute atomic E-state index is 0.0185. The Balaban J connectivity index is 1.62. The van der Waals surface area contributed by atoms with E-state index in [1.165, 1.54) is 72.7 Å². The number of carbonyl (C=O) groups is 1. The number of amides is 1. The Labute approximate surface area is 224 Å². The highest BCUT2D eigenvalue weighted by Gasteiger charge is 2.34. The summed E-state index contributed by atoms with van der Waals surface area (Å²) in [6.45, 7) is 0. The molecule has 15 heteroatoms. The third-order valence-electron chi connectivity index (χ3n) is 5.11. The van der Waals surface area contributed by atoms with Crippen LogP contribution in [0.25, 0.3) is 6.08 Å². The van der Waals surface area contributed by atoms with Crippen LogP contribution in [0.4, 0.5) is 17.1 Å². The van der Waals surface area contributed by atoms with Crippen LogP contribution >= 0.6 is 24.0 Å². The molecule has 4 rings (SSSR count). The van der Waals surface area contributed by atoms with E-state index in [2.05, 4.69) is 0 Å². The minimum Gasteiger partial charge on any atom is -0.493 e. The van der Waals surface area contributed by atoms with Gasteiger partial charge >= 0.3 is 10.1 Å². The average molecular weight is 574 g/mol. The van der Waals surface area contributed by atoms with Crippen molar-refractivity contribution in [1.29, 1.82) is 0 Å². The zero-order valence-electron chi connectivity index (χ0n) is 19.2. The first-order chi connectivity index (χ1) is 18.0. The third-order valence-corrected chi connectivity index (χ3v) is 7.69. The first kappa shape index (κ1) is 26.7. The van der Waals surface area contributed by atoms with E-state index in [0.29, 0.717) is 5.56 Å². The number of benzene rings is 3. The number of non-ortho nitro benzene ring substituents is 1. The Morgan fingerprint density at radius 3 is 2.39 bits per heavy atom. The number of hydrogen-bond acceptors (Lipinski definition) is 11. The fourth-order valence-electron chi connectivity index (χ4n) is 3.41. The Hall–Kier alpha value is -4.34. The van der Waals surface area contributed by atoms with Gasteiger partial charge in [-0.3, -0.25) is 29.9 Å². The monoisotopic (exact) mass is 573 g/mol. The molecule has 1 amide bonds. The number of anilines is 1. The number of thiocarbonyl (C=S) groups is 1. The predicted molar refractivity (Wildman–Crippen MR) is 143 cm³/mol. The largest absolute Gasteiger partial charge is 0.493 e. The van der Waals surface area contributed by atoms with Crippen LogP contribution in [0.1, 0.15) is 5.56 Å². The molecule has 1 saturated heterocycles. The fourth-order valence-corrected chi connectivity index (χ4v) is 5.82. The van der Waals surface area contributed by atoms with Gasteiger partial charge < -0.3 is 8.92 Å². The second-order valence-electron chi connectivity index (χ2n) is 7.47. The molecule has 1 fully saturated rings. The third kappa shape index (κ3) is 5.34. The fraction of sp³-hybridized carbons (Fsp3) is 0.0435. The first-order valence-corrected chi connectivity index (χ1v) is 13.0. The molecule has 0 aromatic heterocycles. The van der Waals surface area contributed by atoms with Gasteiger partial charge in [-0.05, 0) is 35.9 Å². The van der Waals surface area contributed by atoms with Gasteiger partial charge in [-0.25, -0.2) is 0 Å². The number of rotatable bonds is 8. The molecule has 0 unspecified atom stereocenters. The molecule has 0 aliphatic carbocycles. The Morgan fingerprint density at radius 2 is 1.71 bits per heavy atom. The van der Waals surface area contributed by atoms with Gasteiger partial charge in [0.2, 0.25) is 0 Å². The van der Waals surface area contributed by atoms with Gasteiger partial charge in [0.1, 0.15) is 0 Å². The van der Waals surface area contributed by atoms with E-state index in [1.807, 2.05) is 0 Å². The standard InChI is InChI=1S/C23H15N3O9S3/c1-34-19-11-14(9-10-18(19)35-38(32,33)21-8-3-2-7-17(21)26(30)31)12-20-22(27)24(23(36)37-20)15-5-4-6-16(13-15)25(28)29/h2-13H,1H3/b20-12+. The van der Waals surface area contributed by atoms with Crippen molar-refractivity contribution in [2.75, 3.05) is 12.0 Å². The van der Waals surface area contributed by atoms with Crippen molar-refractivity contribution in [1.82, 2.24) is 0 Å². The summed E-state index contributed by atoms with van der Waals surface area (Å²) in [5, 5.41) is 22.3. The van der Waals surface area contributed by atoms with Crippen molar-refractivity contribution >= 4 is 67.5 Å². The SMILES string of the molecule is COc1cc(/C=C2/SC(=S)N(c3cccc([N+](=O)[O-])c3)C2=O)ccc1OS(=O)(=O)c1ccccc1[N+](=O)[O-]. The second-order valence-corrected chi connectivity index (χ2v) is 10.7. The zero-order valence-corrected chi connectivity index (χ0v) is 21.6. The molecule has 3 aromatic rings. The summed E-state index contributed by atoms with van der Waals surface area (Å²) >= 11 is 6.29. The number of nitro groups is 2. The summed E-state index contributed by atoms with van der Waals surface area (Å²) in [5.74, 6) is -0.749. The number of ether oxygens (including phenoxy) is 1. The number of para-hydroxylation sites is 1. The van der Waals surface area contributed by atoms with Crippen molar-refractivity contribution in [3.63, 3.8) is 0 Å². The number of methoxy groups -OCH3 is 1. The number of thioether (sulfide) groups is 1. The number of nitrogens with zero attached hydrogens (tertiary/aromatic N) is 3. The summed E-state index contributed by atoms with van der Waals surface area (Å²) < 4.78 is 36.1. The molecule has 1 aliphatic heterocycles. The van der Waals surface area contributed by atoms with Gasteiger partial charge in [-0.1, -0.05) is 48.2 Å². The highest BCUT2D eigenvalue weighted by Crippen LogP contribution is 2.38. The molecule has 38 heavy (non-hydrogen) atoms. The average Bonchev–Trinajstić information content (AvgIpc) is 3.16. The van der Waals surface area contributed by atoms with Crippen LogP contribution in [0, 0.1) is 20.2 Å². The van der Waals surface area contributed by atoms with Crippen LogP contribution in [-0.2, 0) is 14.9 Å². The van der Waals surface area contributed by atoms with E-state index in [-0.39, 0.29) is 32.1 Å². The van der Waals surface area contributed by atoms with Crippen LogP contribution in [0.15, 0.2) is 76.5 Å². The summed E-state index contributed by atoms with van der Waals surface area (Å²) in [7, 11) is -3.32. The summed E-state index contributed by atoms with van der Waals surface area (Å²) in [6.07, 6.45) is 1.49. The Morgan fingerprint density at radius 1 is 0.974 bits per heavy atom. The van der Waals surface area contributed by atoms with Crippen molar-refractivity contribution in [3.8, 4) is 11.5 Å². The maximum absolute atomic E-state index is 13.0. The van der Waals surface area contributed by atoms with E-state index in [9.17, 15) is 33.4 Å². The molecule has 0 saturated carbocycles. The van der Waals surface area contributed by atoms with Crippen LogP contribution in [-0.4, -0.2) is 35.6 Å². The molecule has 0 N–H and O–H groups in total. The van der Waals surface area contributed by atoms with Crippen LogP contribution in [0.5, 0.6) is 11.5 Å². The van der Waals surface area contributed by atoms with Gasteiger partial charge in [-0.15, -0.1) is 0 Å². The normalized spacial score (nSPS) is 14.6. The topological polar surface area (TPSA) is 159 Å². The summed E-state index contributed by atoms with van der Waals surface area (Å²) in [5.41, 5.74) is -0.172. The second kappa shape index (κ2) is 10.6. The minimum atomic E-state index is -4.59. The maximum atomic E-state index is 13.0. The van der Waals surface area contributed by atoms with E-state index < -0.39 is 36.5 Å². The van der Waals surface area contributed by atoms with Crippen molar-refractivity contribution < 1.29 is 32.0 Å². The quantitative estimate of drug-likeness (QED) is 0.121. The molecule has 3 aromatic carbocycles. The van der Waals surface area contributed by atoms with E-state index in [0.717, 1.165) is 23.9 Å². The zero-order chi connectivity index (χ0) is 27.6. The first-order valence-electron chi connectivity index (χ1n) is 10.4. The van der Waals surface area contributed by atoms with Gasteiger partial charge in [-0.2, -0.15) is 8.42 Å². The van der Waals surface area contributed by atoms with E-state index >= 15 is 0 Å². The lowest BCUT2D eigenvalue weighted by Gasteiger charge is -2.14. The van der Waals surface area contributed by atoms with Crippen LogP contribution in [0.3, 0.4) is 0 Å². The Bertz CT molecular complexity index is 1640. The predicted octanol–water partition coefficient (Wildman–Crippen LogP) is 4.69. The van der Waals surface area contributed by atoms with Gasteiger partial charge in [0.25, 0.3) is 17.3 Å². The van der Waals surface area contributed by atoms with Crippen LogP contribution in [0.2, 0.25) is 0 Å². The lowest BCUT2D eigenvalue weighted by Crippen LogP contribution is -2.27. The van der Waals surface area contributed by atoms with E-state index in [1.54, 1.807) is 0 Å². The molecule has 0 bridgehead atoms. The van der Waals surface area contributed by atoms with Crippen molar-refractivity contribution in [2.45, 2.75) is 4.90 Å². The smallest absolute Gasteiger partial charge is 0.346 e. The maximum Gasteiger partial charge on any atom is 0.346 e. The van der Waals surface area contributed by atoms with E-state index in [4.69, 9.17) is 21.1 Å². The van der Waals surface area contributed by atoms with Crippen molar-refractivity contribution in [3.05, 3.63) is 97.4 Å². The lowest BCUT2D eigenvalue weighted by atomic mass is 10.2. The Kier molecular flexibility index (Phi) is 7.43. The molecule has 12 nitrogen and oxygen atoms in total. The molecule has 1 aliphatic rings.